The molecule has 158 valence electrons. The summed E-state index contributed by atoms with van der Waals surface area (Å²) >= 11 is 7.27. The predicted molar refractivity (Wildman–Crippen MR) is 122 cm³/mol. The molecule has 0 saturated heterocycles. The maximum Gasteiger partial charge on any atom is 0.249 e. The van der Waals surface area contributed by atoms with Crippen molar-refractivity contribution in [2.45, 2.75) is 26.8 Å². The Hall–Kier alpha value is -2.49. The zero-order valence-electron chi connectivity index (χ0n) is 16.9. The number of benzene rings is 2. The van der Waals surface area contributed by atoms with Crippen molar-refractivity contribution in [1.82, 2.24) is 10.2 Å². The Balaban J connectivity index is 1.84. The summed E-state index contributed by atoms with van der Waals surface area (Å²) in [6, 6.07) is 11.7. The first-order valence-electron chi connectivity index (χ1n) is 9.03. The van der Waals surface area contributed by atoms with E-state index >= 15 is 0 Å². The van der Waals surface area contributed by atoms with Crippen molar-refractivity contribution in [3.8, 4) is 10.6 Å². The van der Waals surface area contributed by atoms with E-state index in [1.807, 2.05) is 31.2 Å². The Morgan fingerprint density at radius 2 is 1.80 bits per heavy atom. The van der Waals surface area contributed by atoms with Crippen molar-refractivity contribution < 1.29 is 13.2 Å². The molecule has 0 aliphatic carbocycles. The summed E-state index contributed by atoms with van der Waals surface area (Å²) in [4.78, 5) is 12.8. The van der Waals surface area contributed by atoms with E-state index in [4.69, 9.17) is 11.6 Å². The van der Waals surface area contributed by atoms with E-state index < -0.39 is 22.0 Å². The standard InChI is InChI=1S/C20H21ClN4O3S2/c1-12-5-8-15(9-6-12)19-23-24-20(29-19)22-18(26)14(3)25(30(4,27)28)17-11-16(21)10-7-13(17)2/h5-11,14H,1-4H3,(H,22,24,26)/t14-/m0/s1. The van der Waals surface area contributed by atoms with Crippen LogP contribution in [0.25, 0.3) is 10.6 Å². The van der Waals surface area contributed by atoms with Crippen LogP contribution in [0.1, 0.15) is 18.1 Å². The normalized spacial score (nSPS) is 12.4. The molecule has 0 aliphatic rings. The molecule has 1 atom stereocenters. The number of nitrogens with zero attached hydrogens (tertiary/aromatic N) is 3. The number of aromatic nitrogens is 2. The van der Waals surface area contributed by atoms with Crippen molar-refractivity contribution in [2.75, 3.05) is 15.9 Å². The molecule has 0 unspecified atom stereocenters. The summed E-state index contributed by atoms with van der Waals surface area (Å²) in [6.45, 7) is 5.26. The van der Waals surface area contributed by atoms with Crippen LogP contribution in [0.4, 0.5) is 10.8 Å². The van der Waals surface area contributed by atoms with Gasteiger partial charge < -0.3 is 0 Å². The van der Waals surface area contributed by atoms with Crippen LogP contribution in [0.5, 0.6) is 0 Å². The zero-order valence-corrected chi connectivity index (χ0v) is 19.3. The van der Waals surface area contributed by atoms with Gasteiger partial charge in [0.05, 0.1) is 11.9 Å². The summed E-state index contributed by atoms with van der Waals surface area (Å²) in [5.41, 5.74) is 3.05. The number of rotatable bonds is 6. The lowest BCUT2D eigenvalue weighted by atomic mass is 10.2. The molecule has 0 radical (unpaired) electrons. The second-order valence-corrected chi connectivity index (χ2v) is 10.2. The third-order valence-electron chi connectivity index (χ3n) is 4.45. The Labute approximate surface area is 184 Å². The maximum atomic E-state index is 12.8. The minimum absolute atomic E-state index is 0.290. The van der Waals surface area contributed by atoms with Crippen LogP contribution < -0.4 is 9.62 Å². The van der Waals surface area contributed by atoms with Gasteiger partial charge >= 0.3 is 0 Å². The predicted octanol–water partition coefficient (Wildman–Crippen LogP) is 4.27. The number of anilines is 2. The number of halogens is 1. The molecule has 1 amide bonds. The Morgan fingerprint density at radius 1 is 1.13 bits per heavy atom. The number of amides is 1. The van der Waals surface area contributed by atoms with Crippen LogP contribution >= 0.6 is 22.9 Å². The van der Waals surface area contributed by atoms with Crippen molar-refractivity contribution >= 4 is 49.7 Å². The third-order valence-corrected chi connectivity index (χ3v) is 6.80. The van der Waals surface area contributed by atoms with E-state index in [-0.39, 0.29) is 0 Å². The fourth-order valence-electron chi connectivity index (χ4n) is 2.90. The smallest absolute Gasteiger partial charge is 0.249 e. The molecular formula is C20H21ClN4O3S2. The number of carbonyl (C=O) groups excluding carboxylic acids is 1. The molecule has 0 spiro atoms. The van der Waals surface area contributed by atoms with Crippen LogP contribution in [0.15, 0.2) is 42.5 Å². The second kappa shape index (κ2) is 8.71. The highest BCUT2D eigenvalue weighted by Gasteiger charge is 2.31. The van der Waals surface area contributed by atoms with Gasteiger partial charge in [0.1, 0.15) is 11.0 Å². The largest absolute Gasteiger partial charge is 0.299 e. The van der Waals surface area contributed by atoms with Gasteiger partial charge in [0.25, 0.3) is 0 Å². The van der Waals surface area contributed by atoms with Crippen molar-refractivity contribution in [3.63, 3.8) is 0 Å². The SMILES string of the molecule is Cc1ccc(-c2nnc(NC(=O)[C@H](C)N(c3cc(Cl)ccc3C)S(C)(=O)=O)s2)cc1. The Bertz CT molecular complexity index is 1180. The highest BCUT2D eigenvalue weighted by molar-refractivity contribution is 7.92. The molecule has 1 N–H and O–H groups in total. The molecule has 0 saturated carbocycles. The Kier molecular flexibility index (Phi) is 6.44. The van der Waals surface area contributed by atoms with E-state index in [0.717, 1.165) is 21.7 Å². The molecule has 1 heterocycles. The van der Waals surface area contributed by atoms with Gasteiger partial charge in [-0.15, -0.1) is 10.2 Å². The Morgan fingerprint density at radius 3 is 2.43 bits per heavy atom. The van der Waals surface area contributed by atoms with Crippen LogP contribution in [0.2, 0.25) is 5.02 Å². The monoisotopic (exact) mass is 464 g/mol. The van der Waals surface area contributed by atoms with E-state index in [1.165, 1.54) is 24.3 Å². The van der Waals surface area contributed by atoms with E-state index in [2.05, 4.69) is 15.5 Å². The fourth-order valence-corrected chi connectivity index (χ4v) is 5.04. The zero-order chi connectivity index (χ0) is 22.1. The van der Waals surface area contributed by atoms with E-state index in [1.54, 1.807) is 19.1 Å². The van der Waals surface area contributed by atoms with Crippen LogP contribution in [-0.4, -0.2) is 36.8 Å². The fraction of sp³-hybridized carbons (Fsp3) is 0.250. The molecular weight excluding hydrogens is 444 g/mol. The topological polar surface area (TPSA) is 92.3 Å². The molecule has 1 aromatic heterocycles. The molecule has 3 rings (SSSR count). The van der Waals surface area contributed by atoms with Crippen molar-refractivity contribution in [1.29, 1.82) is 0 Å². The number of nitrogens with one attached hydrogen (secondary N) is 1. The number of carbonyl (C=O) groups is 1. The lowest BCUT2D eigenvalue weighted by molar-refractivity contribution is -0.116. The highest BCUT2D eigenvalue weighted by atomic mass is 35.5. The number of hydrogen-bond acceptors (Lipinski definition) is 6. The number of hydrogen-bond donors (Lipinski definition) is 1. The van der Waals surface area contributed by atoms with Gasteiger partial charge in [-0.25, -0.2) is 8.42 Å². The van der Waals surface area contributed by atoms with Gasteiger partial charge in [0.2, 0.25) is 21.1 Å². The first kappa shape index (κ1) is 22.2. The third kappa shape index (κ3) is 4.97. The first-order valence-corrected chi connectivity index (χ1v) is 12.1. The van der Waals surface area contributed by atoms with Crippen molar-refractivity contribution in [3.05, 3.63) is 58.6 Å². The van der Waals surface area contributed by atoms with Gasteiger partial charge in [0, 0.05) is 10.6 Å². The quantitative estimate of drug-likeness (QED) is 0.588. The summed E-state index contributed by atoms with van der Waals surface area (Å²) < 4.78 is 26.0. The minimum atomic E-state index is -3.75. The van der Waals surface area contributed by atoms with Crippen LogP contribution in [-0.2, 0) is 14.8 Å². The second-order valence-electron chi connectivity index (χ2n) is 6.93. The summed E-state index contributed by atoms with van der Waals surface area (Å²) in [6.07, 6.45) is 1.05. The van der Waals surface area contributed by atoms with Gasteiger partial charge in [-0.1, -0.05) is 58.8 Å². The average molecular weight is 465 g/mol. The highest BCUT2D eigenvalue weighted by Crippen LogP contribution is 2.30. The van der Waals surface area contributed by atoms with Gasteiger partial charge in [-0.2, -0.15) is 0 Å². The molecule has 0 fully saturated rings. The van der Waals surface area contributed by atoms with E-state index in [9.17, 15) is 13.2 Å². The van der Waals surface area contributed by atoms with E-state index in [0.29, 0.717) is 26.4 Å². The molecule has 0 aliphatic heterocycles. The van der Waals surface area contributed by atoms with Gasteiger partial charge in [0.15, 0.2) is 0 Å². The maximum absolute atomic E-state index is 12.8. The lowest BCUT2D eigenvalue weighted by Crippen LogP contribution is -2.45. The molecule has 3 aromatic rings. The summed E-state index contributed by atoms with van der Waals surface area (Å²) in [5.74, 6) is -0.522. The number of sulfonamides is 1. The molecule has 2 aromatic carbocycles. The average Bonchev–Trinajstić information content (AvgIpc) is 3.12. The summed E-state index contributed by atoms with van der Waals surface area (Å²) in [5, 5.41) is 12.1. The molecule has 30 heavy (non-hydrogen) atoms. The minimum Gasteiger partial charge on any atom is -0.299 e. The summed E-state index contributed by atoms with van der Waals surface area (Å²) in [7, 11) is -3.75. The molecule has 0 bridgehead atoms. The van der Waals surface area contributed by atoms with Gasteiger partial charge in [-0.05, 0) is 38.5 Å². The first-order chi connectivity index (χ1) is 14.1. The van der Waals surface area contributed by atoms with Crippen molar-refractivity contribution in [2.24, 2.45) is 0 Å². The van der Waals surface area contributed by atoms with Crippen LogP contribution in [0, 0.1) is 13.8 Å². The lowest BCUT2D eigenvalue weighted by Gasteiger charge is -2.29. The molecule has 7 nitrogen and oxygen atoms in total. The molecule has 10 heteroatoms. The van der Waals surface area contributed by atoms with Crippen LogP contribution in [0.3, 0.4) is 0 Å². The number of aryl methyl sites for hydroxylation is 2. The van der Waals surface area contributed by atoms with Gasteiger partial charge in [-0.3, -0.25) is 14.4 Å².